The highest BCUT2D eigenvalue weighted by molar-refractivity contribution is 5.18. The van der Waals surface area contributed by atoms with Gasteiger partial charge in [0.05, 0.1) is 6.61 Å². The van der Waals surface area contributed by atoms with Crippen LogP contribution in [0.5, 0.6) is 0 Å². The Morgan fingerprint density at radius 3 is 1.53 bits per heavy atom. The molecule has 1 aliphatic heterocycles. The summed E-state index contributed by atoms with van der Waals surface area (Å²) >= 11 is 0. The summed E-state index contributed by atoms with van der Waals surface area (Å²) in [7, 11) is 0. The molecule has 4 atom stereocenters. The second kappa shape index (κ2) is 3.13. The van der Waals surface area contributed by atoms with Gasteiger partial charge in [0.25, 0.3) is 0 Å². The first-order valence-corrected chi connectivity index (χ1v) is 4.67. The van der Waals surface area contributed by atoms with Crippen LogP contribution in [0.1, 0.15) is 20.8 Å². The zero-order valence-corrected chi connectivity index (χ0v) is 9.06. The van der Waals surface area contributed by atoms with E-state index in [9.17, 15) is 15.3 Å². The average molecular weight is 222 g/mol. The number of hydrogen-bond acceptors (Lipinski definition) is 6. The van der Waals surface area contributed by atoms with Crippen molar-refractivity contribution in [3.05, 3.63) is 0 Å². The first kappa shape index (κ1) is 12.8. The lowest BCUT2D eigenvalue weighted by atomic mass is 9.74. The molecule has 0 aliphatic carbocycles. The summed E-state index contributed by atoms with van der Waals surface area (Å²) in [6.45, 7) is 2.24. The van der Waals surface area contributed by atoms with Crippen molar-refractivity contribution in [2.75, 3.05) is 13.2 Å². The van der Waals surface area contributed by atoms with Crippen molar-refractivity contribution in [2.24, 2.45) is 0 Å². The minimum Gasteiger partial charge on any atom is -0.393 e. The molecule has 1 fully saturated rings. The summed E-state index contributed by atoms with van der Waals surface area (Å²) in [4.78, 5) is 0. The molecule has 0 radical (unpaired) electrons. The maximum absolute atomic E-state index is 10.1. The Morgan fingerprint density at radius 2 is 1.33 bits per heavy atom. The van der Waals surface area contributed by atoms with E-state index >= 15 is 0 Å². The van der Waals surface area contributed by atoms with Crippen molar-refractivity contribution in [3.8, 4) is 0 Å². The maximum atomic E-state index is 10.1. The van der Waals surface area contributed by atoms with Gasteiger partial charge >= 0.3 is 0 Å². The van der Waals surface area contributed by atoms with Crippen molar-refractivity contribution in [2.45, 2.75) is 43.4 Å². The summed E-state index contributed by atoms with van der Waals surface area (Å²) in [6.07, 6.45) is 0. The number of hydrogen-bond donors (Lipinski definition) is 5. The van der Waals surface area contributed by atoms with Gasteiger partial charge in [-0.1, -0.05) is 0 Å². The number of aliphatic hydroxyl groups is 5. The minimum atomic E-state index is -2.30. The molecule has 0 aromatic rings. The van der Waals surface area contributed by atoms with Crippen LogP contribution in [-0.4, -0.2) is 61.3 Å². The van der Waals surface area contributed by atoms with Crippen LogP contribution in [0.2, 0.25) is 0 Å². The maximum Gasteiger partial charge on any atom is 0.222 e. The number of aliphatic hydroxyl groups excluding tert-OH is 2. The molecule has 0 amide bonds. The molecule has 1 saturated heterocycles. The van der Waals surface area contributed by atoms with Gasteiger partial charge in [-0.2, -0.15) is 0 Å². The van der Waals surface area contributed by atoms with E-state index in [1.54, 1.807) is 0 Å². The van der Waals surface area contributed by atoms with Gasteiger partial charge in [-0.05, 0) is 20.8 Å². The van der Waals surface area contributed by atoms with Crippen LogP contribution in [0.15, 0.2) is 0 Å². The first-order chi connectivity index (χ1) is 6.58. The molecular weight excluding hydrogens is 204 g/mol. The third-order valence-electron chi connectivity index (χ3n) is 3.65. The van der Waals surface area contributed by atoms with Gasteiger partial charge in [0.15, 0.2) is 0 Å². The van der Waals surface area contributed by atoms with E-state index in [4.69, 9.17) is 14.9 Å². The van der Waals surface area contributed by atoms with Crippen molar-refractivity contribution >= 4 is 0 Å². The van der Waals surface area contributed by atoms with Crippen LogP contribution in [0.4, 0.5) is 0 Å². The molecule has 0 bridgehead atoms. The highest BCUT2D eigenvalue weighted by Crippen LogP contribution is 2.50. The molecular formula is C9H18O6. The molecule has 6 heteroatoms. The van der Waals surface area contributed by atoms with Crippen LogP contribution in [0.25, 0.3) is 0 Å². The molecule has 6 nitrogen and oxygen atoms in total. The molecule has 0 aromatic heterocycles. The van der Waals surface area contributed by atoms with E-state index in [2.05, 4.69) is 0 Å². The predicted molar refractivity (Wildman–Crippen MR) is 49.9 cm³/mol. The van der Waals surface area contributed by atoms with Crippen LogP contribution >= 0.6 is 0 Å². The van der Waals surface area contributed by atoms with Gasteiger partial charge in [0.1, 0.15) is 23.4 Å². The molecule has 15 heavy (non-hydrogen) atoms. The molecule has 0 saturated carbocycles. The Kier molecular flexibility index (Phi) is 2.68. The Bertz CT molecular complexity index is 237. The summed E-state index contributed by atoms with van der Waals surface area (Å²) in [6, 6.07) is 0. The molecule has 1 rings (SSSR count). The van der Waals surface area contributed by atoms with E-state index in [-0.39, 0.29) is 0 Å². The predicted octanol–water partition coefficient (Wildman–Crippen LogP) is -2.05. The van der Waals surface area contributed by atoms with Gasteiger partial charge < -0.3 is 30.3 Å². The van der Waals surface area contributed by atoms with E-state index in [0.29, 0.717) is 0 Å². The molecule has 1 heterocycles. The van der Waals surface area contributed by atoms with Gasteiger partial charge in [-0.15, -0.1) is 0 Å². The Balaban J connectivity index is 3.28. The molecule has 90 valence electrons. The SMILES string of the molecule is CC1(O)[C@@](O)(CO)O[C@](C)(CO)[C@]1(C)O. The third-order valence-corrected chi connectivity index (χ3v) is 3.65. The number of ether oxygens (including phenoxy) is 1. The second-order valence-electron chi connectivity index (χ2n) is 4.58. The molecule has 0 aromatic carbocycles. The van der Waals surface area contributed by atoms with Gasteiger partial charge in [0.2, 0.25) is 5.79 Å². The summed E-state index contributed by atoms with van der Waals surface area (Å²) in [5, 5.41) is 48.1. The standard InChI is InChI=1S/C9H18O6/c1-6(4-10)7(2,12)8(3,13)9(14,5-11)15-6/h10-14H,4-5H2,1-3H3/t6-,7+,8?,9-/m1/s1. The van der Waals surface area contributed by atoms with Crippen molar-refractivity contribution in [1.82, 2.24) is 0 Å². The second-order valence-corrected chi connectivity index (χ2v) is 4.58. The van der Waals surface area contributed by atoms with Crippen LogP contribution in [-0.2, 0) is 4.74 Å². The summed E-state index contributed by atoms with van der Waals surface area (Å²) in [5.41, 5.74) is -5.54. The minimum absolute atomic E-state index is 0.599. The third kappa shape index (κ3) is 1.27. The molecule has 5 N–H and O–H groups in total. The normalized spacial score (nSPS) is 56.0. The summed E-state index contributed by atoms with van der Waals surface area (Å²) < 4.78 is 5.02. The summed E-state index contributed by atoms with van der Waals surface area (Å²) in [5.74, 6) is -2.30. The lowest BCUT2D eigenvalue weighted by Gasteiger charge is -2.40. The van der Waals surface area contributed by atoms with Gasteiger partial charge in [-0.25, -0.2) is 0 Å². The van der Waals surface area contributed by atoms with Crippen molar-refractivity contribution < 1.29 is 30.3 Å². The Hall–Kier alpha value is -0.240. The fourth-order valence-corrected chi connectivity index (χ4v) is 1.84. The fourth-order valence-electron chi connectivity index (χ4n) is 1.84. The molecule has 1 unspecified atom stereocenters. The fraction of sp³-hybridized carbons (Fsp3) is 1.00. The molecule has 1 aliphatic rings. The highest BCUT2D eigenvalue weighted by Gasteiger charge is 2.73. The van der Waals surface area contributed by atoms with E-state index < -0.39 is 35.8 Å². The largest absolute Gasteiger partial charge is 0.393 e. The van der Waals surface area contributed by atoms with E-state index in [1.807, 2.05) is 0 Å². The Morgan fingerprint density at radius 1 is 0.867 bits per heavy atom. The lowest BCUT2D eigenvalue weighted by Crippen LogP contribution is -2.64. The van der Waals surface area contributed by atoms with Gasteiger partial charge in [0, 0.05) is 0 Å². The Labute approximate surface area is 87.7 Å². The quantitative estimate of drug-likeness (QED) is 0.368. The van der Waals surface area contributed by atoms with Crippen molar-refractivity contribution in [3.63, 3.8) is 0 Å². The van der Waals surface area contributed by atoms with Gasteiger partial charge in [-0.3, -0.25) is 0 Å². The molecule has 0 spiro atoms. The first-order valence-electron chi connectivity index (χ1n) is 4.67. The zero-order chi connectivity index (χ0) is 12.1. The monoisotopic (exact) mass is 222 g/mol. The number of rotatable bonds is 2. The van der Waals surface area contributed by atoms with E-state index in [0.717, 1.165) is 6.92 Å². The van der Waals surface area contributed by atoms with Crippen LogP contribution in [0.3, 0.4) is 0 Å². The topological polar surface area (TPSA) is 110 Å². The highest BCUT2D eigenvalue weighted by atomic mass is 16.7. The van der Waals surface area contributed by atoms with Crippen LogP contribution < -0.4 is 0 Å². The zero-order valence-electron chi connectivity index (χ0n) is 9.06. The smallest absolute Gasteiger partial charge is 0.222 e. The van der Waals surface area contributed by atoms with Crippen molar-refractivity contribution in [1.29, 1.82) is 0 Å². The lowest BCUT2D eigenvalue weighted by molar-refractivity contribution is -0.290. The van der Waals surface area contributed by atoms with Crippen LogP contribution in [0, 0.1) is 0 Å². The van der Waals surface area contributed by atoms with E-state index in [1.165, 1.54) is 13.8 Å². The average Bonchev–Trinajstić information content (AvgIpc) is 2.25.